The summed E-state index contributed by atoms with van der Waals surface area (Å²) in [5, 5.41) is 3.63. The van der Waals surface area contributed by atoms with Crippen LogP contribution in [0.15, 0.2) is 41.0 Å². The molecule has 0 radical (unpaired) electrons. The minimum absolute atomic E-state index is 0.246. The third-order valence-electron chi connectivity index (χ3n) is 4.47. The van der Waals surface area contributed by atoms with Crippen molar-refractivity contribution in [2.75, 3.05) is 6.54 Å². The Morgan fingerprint density at radius 1 is 1.20 bits per heavy atom. The molecule has 1 aromatic carbocycles. The number of hydrogen-bond acceptors (Lipinski definition) is 2. The molecular weight excluding hydrogens is 246 g/mol. The average molecular weight is 269 g/mol. The van der Waals surface area contributed by atoms with E-state index in [2.05, 4.69) is 42.6 Å². The van der Waals surface area contributed by atoms with Crippen LogP contribution in [0, 0.1) is 6.92 Å². The van der Waals surface area contributed by atoms with Crippen molar-refractivity contribution in [3.05, 3.63) is 59.0 Å². The van der Waals surface area contributed by atoms with Crippen molar-refractivity contribution in [1.29, 1.82) is 0 Å². The van der Waals surface area contributed by atoms with Crippen molar-refractivity contribution in [3.8, 4) is 0 Å². The van der Waals surface area contributed by atoms with Crippen LogP contribution in [0.3, 0.4) is 0 Å². The van der Waals surface area contributed by atoms with E-state index in [1.807, 2.05) is 6.92 Å². The quantitative estimate of drug-likeness (QED) is 0.861. The molecule has 1 N–H and O–H groups in total. The molecule has 106 valence electrons. The standard InChI is InChI=1S/C18H23NO/c1-3-19-18(15-11-12-20-13(15)2)17-10-5-4-9-16(17)14-7-6-8-14/h4-5,9-12,14,18-19H,3,6-8H2,1-2H3. The first-order chi connectivity index (χ1) is 9.81. The van der Waals surface area contributed by atoms with E-state index in [4.69, 9.17) is 4.42 Å². The van der Waals surface area contributed by atoms with Gasteiger partial charge in [0, 0.05) is 5.56 Å². The zero-order chi connectivity index (χ0) is 13.9. The van der Waals surface area contributed by atoms with E-state index < -0.39 is 0 Å². The molecule has 0 bridgehead atoms. The first-order valence-corrected chi connectivity index (χ1v) is 7.67. The second kappa shape index (κ2) is 5.84. The van der Waals surface area contributed by atoms with Gasteiger partial charge in [0.2, 0.25) is 0 Å². The van der Waals surface area contributed by atoms with Crippen LogP contribution in [-0.4, -0.2) is 6.54 Å². The van der Waals surface area contributed by atoms with Crippen LogP contribution in [0.4, 0.5) is 0 Å². The van der Waals surface area contributed by atoms with Crippen LogP contribution in [0.5, 0.6) is 0 Å². The number of aryl methyl sites for hydroxylation is 1. The predicted octanol–water partition coefficient (Wildman–Crippen LogP) is 4.55. The highest BCUT2D eigenvalue weighted by Gasteiger charge is 2.26. The van der Waals surface area contributed by atoms with E-state index >= 15 is 0 Å². The van der Waals surface area contributed by atoms with Crippen molar-refractivity contribution in [2.24, 2.45) is 0 Å². The number of furan rings is 1. The highest BCUT2D eigenvalue weighted by Crippen LogP contribution is 2.40. The summed E-state index contributed by atoms with van der Waals surface area (Å²) < 4.78 is 5.51. The zero-order valence-corrected chi connectivity index (χ0v) is 12.4. The maximum Gasteiger partial charge on any atom is 0.105 e. The summed E-state index contributed by atoms with van der Waals surface area (Å²) in [5.41, 5.74) is 4.20. The summed E-state index contributed by atoms with van der Waals surface area (Å²) in [6.45, 7) is 5.16. The van der Waals surface area contributed by atoms with Gasteiger partial charge in [0.25, 0.3) is 0 Å². The number of nitrogens with one attached hydrogen (secondary N) is 1. The molecule has 0 amide bonds. The van der Waals surface area contributed by atoms with Crippen LogP contribution >= 0.6 is 0 Å². The van der Waals surface area contributed by atoms with Crippen molar-refractivity contribution in [3.63, 3.8) is 0 Å². The summed E-state index contributed by atoms with van der Waals surface area (Å²) in [5.74, 6) is 1.76. The molecule has 3 rings (SSSR count). The number of hydrogen-bond donors (Lipinski definition) is 1. The molecule has 0 saturated heterocycles. The Labute approximate surface area is 121 Å². The molecule has 1 aliphatic rings. The largest absolute Gasteiger partial charge is 0.469 e. The molecular formula is C18H23NO. The van der Waals surface area contributed by atoms with E-state index in [0.717, 1.165) is 18.2 Å². The summed E-state index contributed by atoms with van der Waals surface area (Å²) in [7, 11) is 0. The second-order valence-electron chi connectivity index (χ2n) is 5.68. The monoisotopic (exact) mass is 269 g/mol. The first-order valence-electron chi connectivity index (χ1n) is 7.67. The van der Waals surface area contributed by atoms with Gasteiger partial charge in [0.05, 0.1) is 12.3 Å². The van der Waals surface area contributed by atoms with Gasteiger partial charge in [-0.1, -0.05) is 37.6 Å². The average Bonchev–Trinajstić information content (AvgIpc) is 2.81. The van der Waals surface area contributed by atoms with E-state index in [1.165, 1.54) is 36.0 Å². The molecule has 1 aromatic heterocycles. The van der Waals surface area contributed by atoms with Crippen molar-refractivity contribution in [1.82, 2.24) is 5.32 Å². The number of benzene rings is 1. The summed E-state index contributed by atoms with van der Waals surface area (Å²) in [4.78, 5) is 0. The molecule has 0 aliphatic heterocycles. The predicted molar refractivity (Wildman–Crippen MR) is 82.0 cm³/mol. The lowest BCUT2D eigenvalue weighted by Gasteiger charge is -2.30. The summed E-state index contributed by atoms with van der Waals surface area (Å²) in [6.07, 6.45) is 5.83. The molecule has 1 aliphatic carbocycles. The number of rotatable bonds is 5. The lowest BCUT2D eigenvalue weighted by atomic mass is 9.76. The molecule has 20 heavy (non-hydrogen) atoms. The maximum absolute atomic E-state index is 5.51. The normalized spacial score (nSPS) is 16.9. The second-order valence-corrected chi connectivity index (χ2v) is 5.68. The van der Waals surface area contributed by atoms with Crippen LogP contribution in [0.2, 0.25) is 0 Å². The van der Waals surface area contributed by atoms with Crippen LogP contribution in [0.1, 0.15) is 60.6 Å². The van der Waals surface area contributed by atoms with Gasteiger partial charge in [0.15, 0.2) is 0 Å². The summed E-state index contributed by atoms with van der Waals surface area (Å²) in [6, 6.07) is 11.2. The smallest absolute Gasteiger partial charge is 0.105 e. The van der Waals surface area contributed by atoms with Crippen LogP contribution < -0.4 is 5.32 Å². The molecule has 1 saturated carbocycles. The SMILES string of the molecule is CCNC(c1ccccc1C1CCC1)c1ccoc1C. The van der Waals surface area contributed by atoms with Gasteiger partial charge < -0.3 is 9.73 Å². The van der Waals surface area contributed by atoms with Gasteiger partial charge in [-0.3, -0.25) is 0 Å². The maximum atomic E-state index is 5.51. The van der Waals surface area contributed by atoms with Gasteiger partial charge in [-0.15, -0.1) is 0 Å². The van der Waals surface area contributed by atoms with Gasteiger partial charge in [-0.25, -0.2) is 0 Å². The highest BCUT2D eigenvalue weighted by molar-refractivity contribution is 5.40. The molecule has 2 heteroatoms. The topological polar surface area (TPSA) is 25.2 Å². The Hall–Kier alpha value is -1.54. The molecule has 1 atom stereocenters. The Balaban J connectivity index is 2.01. The minimum atomic E-state index is 0.246. The summed E-state index contributed by atoms with van der Waals surface area (Å²) >= 11 is 0. The zero-order valence-electron chi connectivity index (χ0n) is 12.4. The molecule has 2 nitrogen and oxygen atoms in total. The van der Waals surface area contributed by atoms with Crippen molar-refractivity contribution >= 4 is 0 Å². The lowest BCUT2D eigenvalue weighted by molar-refractivity contribution is 0.414. The highest BCUT2D eigenvalue weighted by atomic mass is 16.3. The van der Waals surface area contributed by atoms with Crippen LogP contribution in [0.25, 0.3) is 0 Å². The van der Waals surface area contributed by atoms with E-state index in [0.29, 0.717) is 0 Å². The fourth-order valence-corrected chi connectivity index (χ4v) is 3.15. The fourth-order valence-electron chi connectivity index (χ4n) is 3.15. The van der Waals surface area contributed by atoms with Crippen molar-refractivity contribution < 1.29 is 4.42 Å². The molecule has 2 aromatic rings. The van der Waals surface area contributed by atoms with Crippen molar-refractivity contribution in [2.45, 2.75) is 45.1 Å². The minimum Gasteiger partial charge on any atom is -0.469 e. The molecule has 1 unspecified atom stereocenters. The molecule has 1 fully saturated rings. The third kappa shape index (κ3) is 2.40. The Morgan fingerprint density at radius 2 is 2.00 bits per heavy atom. The third-order valence-corrected chi connectivity index (χ3v) is 4.47. The lowest BCUT2D eigenvalue weighted by Crippen LogP contribution is -2.24. The Morgan fingerprint density at radius 3 is 2.60 bits per heavy atom. The van der Waals surface area contributed by atoms with E-state index in [9.17, 15) is 0 Å². The first kappa shape index (κ1) is 13.4. The van der Waals surface area contributed by atoms with Gasteiger partial charge >= 0.3 is 0 Å². The van der Waals surface area contributed by atoms with Gasteiger partial charge in [-0.05, 0) is 49.4 Å². The van der Waals surface area contributed by atoms with Crippen LogP contribution in [-0.2, 0) is 0 Å². The fraction of sp³-hybridized carbons (Fsp3) is 0.444. The van der Waals surface area contributed by atoms with Gasteiger partial charge in [-0.2, -0.15) is 0 Å². The Kier molecular flexibility index (Phi) is 3.93. The Bertz CT molecular complexity index is 568. The molecule has 0 spiro atoms. The van der Waals surface area contributed by atoms with E-state index in [-0.39, 0.29) is 6.04 Å². The van der Waals surface area contributed by atoms with E-state index in [1.54, 1.807) is 6.26 Å². The van der Waals surface area contributed by atoms with Gasteiger partial charge in [0.1, 0.15) is 5.76 Å². The molecule has 1 heterocycles.